The fourth-order valence-corrected chi connectivity index (χ4v) is 1.75. The van der Waals surface area contributed by atoms with Gasteiger partial charge in [0, 0.05) is 5.56 Å². The van der Waals surface area contributed by atoms with Crippen molar-refractivity contribution in [3.8, 4) is 0 Å². The van der Waals surface area contributed by atoms with Crippen LogP contribution in [0.15, 0.2) is 17.7 Å². The van der Waals surface area contributed by atoms with E-state index in [1.807, 2.05) is 0 Å². The number of hydrogen-bond donors (Lipinski definition) is 0. The Morgan fingerprint density at radius 1 is 1.13 bits per heavy atom. The van der Waals surface area contributed by atoms with Gasteiger partial charge in [-0.1, -0.05) is 11.6 Å². The Bertz CT molecular complexity index is 621. The summed E-state index contributed by atoms with van der Waals surface area (Å²) < 4.78 is 14.2. The maximum Gasteiger partial charge on any atom is 0.356 e. The first kappa shape index (κ1) is 18.6. The van der Waals surface area contributed by atoms with Crippen molar-refractivity contribution < 1.29 is 28.6 Å². The molecule has 0 bridgehead atoms. The van der Waals surface area contributed by atoms with Gasteiger partial charge in [0.2, 0.25) is 0 Å². The van der Waals surface area contributed by atoms with Crippen LogP contribution in [0.3, 0.4) is 0 Å². The lowest BCUT2D eigenvalue weighted by Gasteiger charge is -2.07. The molecule has 0 aliphatic rings. The minimum atomic E-state index is -0.834. The first-order chi connectivity index (χ1) is 10.9. The molecule has 0 saturated heterocycles. The second-order valence-corrected chi connectivity index (χ2v) is 4.43. The van der Waals surface area contributed by atoms with Crippen LogP contribution in [0.2, 0.25) is 5.15 Å². The van der Waals surface area contributed by atoms with Gasteiger partial charge < -0.3 is 14.2 Å². The Morgan fingerprint density at radius 2 is 1.70 bits per heavy atom. The van der Waals surface area contributed by atoms with Crippen LogP contribution in [0.5, 0.6) is 0 Å². The van der Waals surface area contributed by atoms with Crippen molar-refractivity contribution in [3.05, 3.63) is 34.1 Å². The smallest absolute Gasteiger partial charge is 0.356 e. The largest absolute Gasteiger partial charge is 0.464 e. The molecule has 0 atom stereocenters. The van der Waals surface area contributed by atoms with E-state index in [9.17, 15) is 14.4 Å². The molecule has 1 aromatic rings. The van der Waals surface area contributed by atoms with Gasteiger partial charge in [-0.05, 0) is 32.1 Å². The number of nitrogens with zero attached hydrogens (tertiary/aromatic N) is 1. The highest BCUT2D eigenvalue weighted by atomic mass is 35.5. The second kappa shape index (κ2) is 8.89. The third kappa shape index (κ3) is 5.07. The Labute approximate surface area is 138 Å². The monoisotopic (exact) mass is 341 g/mol. The van der Waals surface area contributed by atoms with Gasteiger partial charge in [0.15, 0.2) is 0 Å². The van der Waals surface area contributed by atoms with Gasteiger partial charge in [-0.3, -0.25) is 0 Å². The SMILES string of the molecule is CCOC(=O)C(=Cc1ccc(C(=O)OC)nc1Cl)C(=O)OCC. The van der Waals surface area contributed by atoms with Crippen LogP contribution in [0, 0.1) is 0 Å². The normalized spacial score (nSPS) is 9.74. The molecular weight excluding hydrogens is 326 g/mol. The van der Waals surface area contributed by atoms with E-state index in [1.54, 1.807) is 13.8 Å². The quantitative estimate of drug-likeness (QED) is 0.195. The van der Waals surface area contributed by atoms with Crippen LogP contribution in [-0.2, 0) is 23.8 Å². The molecule has 0 aliphatic carbocycles. The number of pyridine rings is 1. The number of esters is 3. The Morgan fingerprint density at radius 3 is 2.13 bits per heavy atom. The Balaban J connectivity index is 3.22. The average Bonchev–Trinajstić information content (AvgIpc) is 2.53. The topological polar surface area (TPSA) is 91.8 Å². The molecule has 23 heavy (non-hydrogen) atoms. The minimum Gasteiger partial charge on any atom is -0.464 e. The van der Waals surface area contributed by atoms with Gasteiger partial charge in [0.1, 0.15) is 16.4 Å². The summed E-state index contributed by atoms with van der Waals surface area (Å²) in [6, 6.07) is 2.79. The van der Waals surface area contributed by atoms with Crippen LogP contribution in [0.1, 0.15) is 29.9 Å². The van der Waals surface area contributed by atoms with Gasteiger partial charge in [0.25, 0.3) is 0 Å². The standard InChI is InChI=1S/C15H16ClNO6/c1-4-22-13(18)10(14(19)23-5-2)8-9-6-7-11(15(20)21-3)17-12(9)16/h6-8H,4-5H2,1-3H3. The van der Waals surface area contributed by atoms with Crippen molar-refractivity contribution in [2.75, 3.05) is 20.3 Å². The van der Waals surface area contributed by atoms with Crippen LogP contribution >= 0.6 is 11.6 Å². The summed E-state index contributed by atoms with van der Waals surface area (Å²) in [5.41, 5.74) is -0.0536. The summed E-state index contributed by atoms with van der Waals surface area (Å²) in [5, 5.41) is -0.0704. The zero-order chi connectivity index (χ0) is 17.4. The average molecular weight is 342 g/mol. The maximum absolute atomic E-state index is 11.9. The zero-order valence-electron chi connectivity index (χ0n) is 12.9. The molecule has 0 spiro atoms. The highest BCUT2D eigenvalue weighted by molar-refractivity contribution is 6.31. The lowest BCUT2D eigenvalue weighted by atomic mass is 10.1. The number of methoxy groups -OCH3 is 1. The van der Waals surface area contributed by atoms with E-state index in [-0.39, 0.29) is 35.2 Å². The van der Waals surface area contributed by atoms with E-state index in [0.29, 0.717) is 0 Å². The Kier molecular flexibility index (Phi) is 7.21. The highest BCUT2D eigenvalue weighted by Crippen LogP contribution is 2.19. The van der Waals surface area contributed by atoms with Gasteiger partial charge in [-0.15, -0.1) is 0 Å². The second-order valence-electron chi connectivity index (χ2n) is 4.07. The summed E-state index contributed by atoms with van der Waals surface area (Å²) in [7, 11) is 1.21. The van der Waals surface area contributed by atoms with Gasteiger partial charge >= 0.3 is 17.9 Å². The van der Waals surface area contributed by atoms with Crippen LogP contribution in [0.25, 0.3) is 6.08 Å². The number of rotatable bonds is 6. The third-order valence-corrected chi connectivity index (χ3v) is 2.87. The molecule has 1 aromatic heterocycles. The molecule has 0 radical (unpaired) electrons. The first-order valence-electron chi connectivity index (χ1n) is 6.75. The first-order valence-corrected chi connectivity index (χ1v) is 7.13. The number of aromatic nitrogens is 1. The third-order valence-electron chi connectivity index (χ3n) is 2.56. The number of carbonyl (C=O) groups is 3. The molecule has 0 aromatic carbocycles. The maximum atomic E-state index is 11.9. The van der Waals surface area contributed by atoms with Crippen LogP contribution < -0.4 is 0 Å². The molecule has 0 fully saturated rings. The molecule has 0 N–H and O–H groups in total. The van der Waals surface area contributed by atoms with E-state index in [0.717, 1.165) is 0 Å². The summed E-state index contributed by atoms with van der Waals surface area (Å²) in [5.74, 6) is -2.32. The Hall–Kier alpha value is -2.41. The summed E-state index contributed by atoms with van der Waals surface area (Å²) in [4.78, 5) is 39.0. The number of hydrogen-bond acceptors (Lipinski definition) is 7. The van der Waals surface area contributed by atoms with Crippen LogP contribution in [-0.4, -0.2) is 43.2 Å². The van der Waals surface area contributed by atoms with E-state index in [2.05, 4.69) is 9.72 Å². The van der Waals surface area contributed by atoms with Crippen molar-refractivity contribution in [3.63, 3.8) is 0 Å². The van der Waals surface area contributed by atoms with Gasteiger partial charge in [-0.25, -0.2) is 19.4 Å². The highest BCUT2D eigenvalue weighted by Gasteiger charge is 2.22. The summed E-state index contributed by atoms with van der Waals surface area (Å²) in [6.45, 7) is 3.42. The molecule has 1 rings (SSSR count). The molecule has 8 heteroatoms. The van der Waals surface area contributed by atoms with Gasteiger partial charge in [-0.2, -0.15) is 0 Å². The molecule has 0 unspecified atom stereocenters. The van der Waals surface area contributed by atoms with E-state index < -0.39 is 17.9 Å². The predicted octanol–water partition coefficient (Wildman–Crippen LogP) is 2.03. The summed E-state index contributed by atoms with van der Waals surface area (Å²) in [6.07, 6.45) is 1.20. The van der Waals surface area contributed by atoms with Crippen molar-refractivity contribution in [2.24, 2.45) is 0 Å². The van der Waals surface area contributed by atoms with E-state index in [4.69, 9.17) is 21.1 Å². The van der Waals surface area contributed by atoms with Crippen molar-refractivity contribution in [2.45, 2.75) is 13.8 Å². The molecular formula is C15H16ClNO6. The lowest BCUT2D eigenvalue weighted by Crippen LogP contribution is -2.18. The molecule has 0 amide bonds. The number of ether oxygens (including phenoxy) is 3. The van der Waals surface area contributed by atoms with Crippen molar-refractivity contribution >= 4 is 35.6 Å². The van der Waals surface area contributed by atoms with Gasteiger partial charge in [0.05, 0.1) is 20.3 Å². The zero-order valence-corrected chi connectivity index (χ0v) is 13.7. The van der Waals surface area contributed by atoms with Crippen molar-refractivity contribution in [1.82, 2.24) is 4.98 Å². The van der Waals surface area contributed by atoms with Crippen LogP contribution in [0.4, 0.5) is 0 Å². The molecule has 1 heterocycles. The fraction of sp³-hybridized carbons (Fsp3) is 0.333. The molecule has 0 saturated carbocycles. The molecule has 124 valence electrons. The fourth-order valence-electron chi connectivity index (χ4n) is 1.55. The number of halogens is 1. The van der Waals surface area contributed by atoms with Crippen molar-refractivity contribution in [1.29, 1.82) is 0 Å². The number of carbonyl (C=O) groups excluding carboxylic acids is 3. The molecule has 7 nitrogen and oxygen atoms in total. The predicted molar refractivity (Wildman–Crippen MR) is 81.8 cm³/mol. The summed E-state index contributed by atoms with van der Waals surface area (Å²) >= 11 is 5.97. The molecule has 0 aliphatic heterocycles. The van der Waals surface area contributed by atoms with E-state index >= 15 is 0 Å². The van der Waals surface area contributed by atoms with E-state index in [1.165, 1.54) is 25.3 Å². The lowest BCUT2D eigenvalue weighted by molar-refractivity contribution is -0.146. The minimum absolute atomic E-state index is 0.00321.